The molecule has 0 bridgehead atoms. The predicted octanol–water partition coefficient (Wildman–Crippen LogP) is 3.82. The molecule has 0 saturated heterocycles. The summed E-state index contributed by atoms with van der Waals surface area (Å²) in [7, 11) is 0. The van der Waals surface area contributed by atoms with Gasteiger partial charge in [-0.3, -0.25) is 10.1 Å². The molecule has 0 aromatic heterocycles. The summed E-state index contributed by atoms with van der Waals surface area (Å²) >= 11 is 0. The lowest BCUT2D eigenvalue weighted by atomic mass is 10.2. The maximum atomic E-state index is 10.9. The molecular weight excluding hydrogens is 242 g/mol. The first-order chi connectivity index (χ1) is 9.20. The summed E-state index contributed by atoms with van der Waals surface area (Å²) < 4.78 is 5.54. The van der Waals surface area contributed by atoms with Crippen molar-refractivity contribution in [2.24, 2.45) is 0 Å². The third kappa shape index (κ3) is 3.19. The van der Waals surface area contributed by atoms with Crippen LogP contribution in [0.4, 0.5) is 5.69 Å². The molecule has 4 nitrogen and oxygen atoms in total. The van der Waals surface area contributed by atoms with Crippen LogP contribution in [0.25, 0.3) is 6.08 Å². The maximum Gasteiger partial charge on any atom is 0.310 e. The van der Waals surface area contributed by atoms with Gasteiger partial charge in [-0.15, -0.1) is 0 Å². The standard InChI is InChI=1S/C15H13NO3/c1-2-12-8-9-14(16(17)18)15(10-12)19-11-13-6-4-3-5-7-13/h2-10H,1,11H2. The van der Waals surface area contributed by atoms with Crippen molar-refractivity contribution in [1.29, 1.82) is 0 Å². The number of hydrogen-bond donors (Lipinski definition) is 0. The van der Waals surface area contributed by atoms with Crippen molar-refractivity contribution in [2.75, 3.05) is 0 Å². The number of nitro groups is 1. The van der Waals surface area contributed by atoms with Gasteiger partial charge in [0.05, 0.1) is 4.92 Å². The van der Waals surface area contributed by atoms with Crippen LogP contribution < -0.4 is 4.74 Å². The van der Waals surface area contributed by atoms with Crippen molar-refractivity contribution < 1.29 is 9.66 Å². The molecular formula is C15H13NO3. The van der Waals surface area contributed by atoms with Gasteiger partial charge < -0.3 is 4.74 Å². The molecule has 0 spiro atoms. The van der Waals surface area contributed by atoms with Gasteiger partial charge in [-0.25, -0.2) is 0 Å². The molecule has 0 aliphatic heterocycles. The summed E-state index contributed by atoms with van der Waals surface area (Å²) in [6, 6.07) is 14.2. The van der Waals surface area contributed by atoms with Gasteiger partial charge >= 0.3 is 5.69 Å². The molecule has 96 valence electrons. The lowest BCUT2D eigenvalue weighted by molar-refractivity contribution is -0.385. The van der Waals surface area contributed by atoms with Crippen molar-refractivity contribution in [3.8, 4) is 5.75 Å². The minimum atomic E-state index is -0.451. The van der Waals surface area contributed by atoms with Gasteiger partial charge in [0.25, 0.3) is 0 Å². The molecule has 0 saturated carbocycles. The Hall–Kier alpha value is -2.62. The monoisotopic (exact) mass is 255 g/mol. The molecule has 0 fully saturated rings. The van der Waals surface area contributed by atoms with E-state index in [1.165, 1.54) is 6.07 Å². The zero-order chi connectivity index (χ0) is 13.7. The van der Waals surface area contributed by atoms with E-state index in [0.29, 0.717) is 6.61 Å². The number of nitro benzene ring substituents is 1. The Labute approximate surface area is 111 Å². The Balaban J connectivity index is 2.22. The first-order valence-corrected chi connectivity index (χ1v) is 5.78. The lowest BCUT2D eigenvalue weighted by Gasteiger charge is -2.07. The Kier molecular flexibility index (Phi) is 3.93. The van der Waals surface area contributed by atoms with E-state index in [1.807, 2.05) is 30.3 Å². The summed E-state index contributed by atoms with van der Waals surface area (Å²) in [4.78, 5) is 10.5. The van der Waals surface area contributed by atoms with Crippen molar-refractivity contribution in [2.45, 2.75) is 6.61 Å². The largest absolute Gasteiger partial charge is 0.482 e. The number of benzene rings is 2. The maximum absolute atomic E-state index is 10.9. The highest BCUT2D eigenvalue weighted by molar-refractivity contribution is 5.57. The van der Waals surface area contributed by atoms with E-state index in [0.717, 1.165) is 11.1 Å². The van der Waals surface area contributed by atoms with E-state index in [1.54, 1.807) is 18.2 Å². The molecule has 0 aliphatic rings. The minimum Gasteiger partial charge on any atom is -0.482 e. The van der Waals surface area contributed by atoms with Gasteiger partial charge in [-0.1, -0.05) is 43.0 Å². The predicted molar refractivity (Wildman–Crippen MR) is 74.0 cm³/mol. The van der Waals surface area contributed by atoms with Crippen LogP contribution in [0.1, 0.15) is 11.1 Å². The molecule has 0 unspecified atom stereocenters. The summed E-state index contributed by atoms with van der Waals surface area (Å²) in [6.07, 6.45) is 1.62. The highest BCUT2D eigenvalue weighted by Gasteiger charge is 2.15. The average molecular weight is 255 g/mol. The van der Waals surface area contributed by atoms with E-state index in [4.69, 9.17) is 4.74 Å². The second kappa shape index (κ2) is 5.82. The van der Waals surface area contributed by atoms with Gasteiger partial charge in [-0.2, -0.15) is 0 Å². The van der Waals surface area contributed by atoms with Gasteiger partial charge in [0.2, 0.25) is 0 Å². The zero-order valence-electron chi connectivity index (χ0n) is 10.3. The highest BCUT2D eigenvalue weighted by Crippen LogP contribution is 2.29. The van der Waals surface area contributed by atoms with Crippen LogP contribution in [0.3, 0.4) is 0 Å². The van der Waals surface area contributed by atoms with Crippen LogP contribution in [-0.2, 0) is 6.61 Å². The molecule has 2 aromatic carbocycles. The number of nitrogens with zero attached hydrogens (tertiary/aromatic N) is 1. The molecule has 2 aromatic rings. The number of rotatable bonds is 5. The molecule has 19 heavy (non-hydrogen) atoms. The fraction of sp³-hybridized carbons (Fsp3) is 0.0667. The summed E-state index contributed by atoms with van der Waals surface area (Å²) in [6.45, 7) is 3.93. The van der Waals surface area contributed by atoms with Crippen LogP contribution >= 0.6 is 0 Å². The Morgan fingerprint density at radius 3 is 2.58 bits per heavy atom. The van der Waals surface area contributed by atoms with Gasteiger partial charge in [0, 0.05) is 6.07 Å². The van der Waals surface area contributed by atoms with Crippen LogP contribution in [0.2, 0.25) is 0 Å². The molecule has 2 rings (SSSR count). The molecule has 4 heteroatoms. The lowest BCUT2D eigenvalue weighted by Crippen LogP contribution is -1.99. The molecule has 0 amide bonds. The molecule has 0 atom stereocenters. The van der Waals surface area contributed by atoms with E-state index in [-0.39, 0.29) is 11.4 Å². The van der Waals surface area contributed by atoms with E-state index >= 15 is 0 Å². The quantitative estimate of drug-likeness (QED) is 0.603. The fourth-order valence-corrected chi connectivity index (χ4v) is 1.66. The Morgan fingerprint density at radius 1 is 1.21 bits per heavy atom. The van der Waals surface area contributed by atoms with Crippen LogP contribution in [0, 0.1) is 10.1 Å². The normalized spacial score (nSPS) is 9.89. The van der Waals surface area contributed by atoms with Gasteiger partial charge in [-0.05, 0) is 23.3 Å². The topological polar surface area (TPSA) is 52.4 Å². The van der Waals surface area contributed by atoms with Crippen LogP contribution in [0.15, 0.2) is 55.1 Å². The smallest absolute Gasteiger partial charge is 0.310 e. The van der Waals surface area contributed by atoms with E-state index < -0.39 is 4.92 Å². The molecule has 0 radical (unpaired) electrons. The minimum absolute atomic E-state index is 0.0402. The highest BCUT2D eigenvalue weighted by atomic mass is 16.6. The van der Waals surface area contributed by atoms with Gasteiger partial charge in [0.1, 0.15) is 6.61 Å². The first kappa shape index (κ1) is 12.8. The number of ether oxygens (including phenoxy) is 1. The zero-order valence-corrected chi connectivity index (χ0v) is 10.3. The summed E-state index contributed by atoms with van der Waals surface area (Å²) in [5, 5.41) is 10.9. The summed E-state index contributed by atoms with van der Waals surface area (Å²) in [5.41, 5.74) is 1.70. The SMILES string of the molecule is C=Cc1ccc([N+](=O)[O-])c(OCc2ccccc2)c1. The van der Waals surface area contributed by atoms with E-state index in [2.05, 4.69) is 6.58 Å². The fourth-order valence-electron chi connectivity index (χ4n) is 1.66. The van der Waals surface area contributed by atoms with Crippen molar-refractivity contribution in [3.05, 3.63) is 76.4 Å². The Morgan fingerprint density at radius 2 is 1.95 bits per heavy atom. The number of hydrogen-bond acceptors (Lipinski definition) is 3. The molecule has 0 heterocycles. The average Bonchev–Trinajstić information content (AvgIpc) is 2.45. The molecule has 0 N–H and O–H groups in total. The Bertz CT molecular complexity index is 594. The van der Waals surface area contributed by atoms with Crippen LogP contribution in [0.5, 0.6) is 5.75 Å². The van der Waals surface area contributed by atoms with Crippen molar-refractivity contribution in [3.63, 3.8) is 0 Å². The third-order valence-electron chi connectivity index (χ3n) is 2.65. The van der Waals surface area contributed by atoms with Crippen molar-refractivity contribution >= 4 is 11.8 Å². The first-order valence-electron chi connectivity index (χ1n) is 5.78. The summed E-state index contributed by atoms with van der Waals surface area (Å²) in [5.74, 6) is 0.256. The van der Waals surface area contributed by atoms with Crippen molar-refractivity contribution in [1.82, 2.24) is 0 Å². The van der Waals surface area contributed by atoms with E-state index in [9.17, 15) is 10.1 Å². The van der Waals surface area contributed by atoms with Gasteiger partial charge in [0.15, 0.2) is 5.75 Å². The molecule has 0 aliphatic carbocycles. The third-order valence-corrected chi connectivity index (χ3v) is 2.65. The second-order valence-corrected chi connectivity index (χ2v) is 3.96. The second-order valence-electron chi connectivity index (χ2n) is 3.96. The van der Waals surface area contributed by atoms with Crippen LogP contribution in [-0.4, -0.2) is 4.92 Å².